The number of pyridine rings is 1. The molecule has 2 heteroatoms. The Bertz CT molecular complexity index is 585. The third kappa shape index (κ3) is 2.07. The summed E-state index contributed by atoms with van der Waals surface area (Å²) in [4.78, 5) is 4.84. The second kappa shape index (κ2) is 4.97. The zero-order valence-electron chi connectivity index (χ0n) is 12.0. The molecule has 0 unspecified atom stereocenters. The van der Waals surface area contributed by atoms with Crippen molar-refractivity contribution in [3.8, 4) is 0 Å². The van der Waals surface area contributed by atoms with Crippen molar-refractivity contribution in [3.05, 3.63) is 34.5 Å². The fourth-order valence-electron chi connectivity index (χ4n) is 2.61. The topological polar surface area (TPSA) is 24.9 Å². The van der Waals surface area contributed by atoms with Gasteiger partial charge in [0.25, 0.3) is 0 Å². The lowest BCUT2D eigenvalue weighted by Gasteiger charge is -2.16. The van der Waals surface area contributed by atoms with E-state index < -0.39 is 0 Å². The smallest absolute Gasteiger partial charge is 0.0755 e. The Hall–Kier alpha value is -1.57. The van der Waals surface area contributed by atoms with E-state index in [1.54, 1.807) is 0 Å². The zero-order chi connectivity index (χ0) is 13.3. The summed E-state index contributed by atoms with van der Waals surface area (Å²) in [5.74, 6) is 0. The van der Waals surface area contributed by atoms with Gasteiger partial charge in [0, 0.05) is 23.3 Å². The second-order valence-electron chi connectivity index (χ2n) is 4.92. The lowest BCUT2D eigenvalue weighted by Crippen LogP contribution is -2.05. The molecule has 0 saturated heterocycles. The lowest BCUT2D eigenvalue weighted by molar-refractivity contribution is 1.02. The molecular weight excluding hydrogens is 220 g/mol. The van der Waals surface area contributed by atoms with E-state index in [1.807, 2.05) is 0 Å². The van der Waals surface area contributed by atoms with Crippen LogP contribution in [0.3, 0.4) is 0 Å². The van der Waals surface area contributed by atoms with Crippen molar-refractivity contribution in [1.82, 2.24) is 4.98 Å². The van der Waals surface area contributed by atoms with Crippen LogP contribution in [-0.2, 0) is 6.42 Å². The SMILES string of the molecule is CCNc1c(C)c(CC)nc2c(C)cc(C)cc12. The van der Waals surface area contributed by atoms with Crippen molar-refractivity contribution in [2.45, 2.75) is 41.0 Å². The van der Waals surface area contributed by atoms with E-state index in [0.29, 0.717) is 0 Å². The van der Waals surface area contributed by atoms with Crippen LogP contribution in [0.1, 0.15) is 36.2 Å². The van der Waals surface area contributed by atoms with Crippen molar-refractivity contribution in [1.29, 1.82) is 0 Å². The maximum Gasteiger partial charge on any atom is 0.0755 e. The quantitative estimate of drug-likeness (QED) is 0.874. The van der Waals surface area contributed by atoms with E-state index in [0.717, 1.165) is 18.5 Å². The van der Waals surface area contributed by atoms with Crippen LogP contribution < -0.4 is 5.32 Å². The summed E-state index contributed by atoms with van der Waals surface area (Å²) >= 11 is 0. The molecule has 2 nitrogen and oxygen atoms in total. The Morgan fingerprint density at radius 2 is 1.83 bits per heavy atom. The Morgan fingerprint density at radius 3 is 2.44 bits per heavy atom. The van der Waals surface area contributed by atoms with Crippen molar-refractivity contribution < 1.29 is 0 Å². The van der Waals surface area contributed by atoms with Crippen molar-refractivity contribution in [2.75, 3.05) is 11.9 Å². The van der Waals surface area contributed by atoms with Crippen LogP contribution in [0.25, 0.3) is 10.9 Å². The monoisotopic (exact) mass is 242 g/mol. The maximum absolute atomic E-state index is 4.84. The molecule has 0 aliphatic rings. The number of hydrogen-bond acceptors (Lipinski definition) is 2. The molecule has 1 heterocycles. The van der Waals surface area contributed by atoms with E-state index in [-0.39, 0.29) is 0 Å². The molecular formula is C16H22N2. The summed E-state index contributed by atoms with van der Waals surface area (Å²) in [7, 11) is 0. The predicted molar refractivity (Wildman–Crippen MR) is 79.5 cm³/mol. The lowest BCUT2D eigenvalue weighted by atomic mass is 10.0. The average molecular weight is 242 g/mol. The first-order chi connectivity index (χ1) is 8.58. The maximum atomic E-state index is 4.84. The van der Waals surface area contributed by atoms with Gasteiger partial charge >= 0.3 is 0 Å². The van der Waals surface area contributed by atoms with Gasteiger partial charge in [0.2, 0.25) is 0 Å². The largest absolute Gasteiger partial charge is 0.385 e. The Labute approximate surface area is 109 Å². The minimum atomic E-state index is 0.941. The van der Waals surface area contributed by atoms with Gasteiger partial charge < -0.3 is 5.32 Å². The van der Waals surface area contributed by atoms with E-state index in [9.17, 15) is 0 Å². The predicted octanol–water partition coefficient (Wildman–Crippen LogP) is 4.15. The van der Waals surface area contributed by atoms with Gasteiger partial charge in [-0.1, -0.05) is 18.6 Å². The Kier molecular flexibility index (Phi) is 3.55. The second-order valence-corrected chi connectivity index (χ2v) is 4.92. The molecule has 2 rings (SSSR count). The minimum absolute atomic E-state index is 0.941. The van der Waals surface area contributed by atoms with Gasteiger partial charge in [0.1, 0.15) is 0 Å². The molecule has 0 aliphatic carbocycles. The molecule has 0 amide bonds. The first-order valence-electron chi connectivity index (χ1n) is 6.72. The molecule has 0 bridgehead atoms. The van der Waals surface area contributed by atoms with Crippen LogP contribution in [0.4, 0.5) is 5.69 Å². The normalized spacial score (nSPS) is 10.9. The minimum Gasteiger partial charge on any atom is -0.385 e. The van der Waals surface area contributed by atoms with Crippen LogP contribution in [0.2, 0.25) is 0 Å². The number of hydrogen-bond donors (Lipinski definition) is 1. The molecule has 0 saturated carbocycles. The summed E-state index contributed by atoms with van der Waals surface area (Å²) in [6, 6.07) is 4.44. The van der Waals surface area contributed by atoms with Gasteiger partial charge in [-0.25, -0.2) is 0 Å². The molecule has 0 spiro atoms. The molecule has 0 aliphatic heterocycles. The van der Waals surface area contributed by atoms with E-state index in [1.165, 1.54) is 33.5 Å². The first kappa shape index (κ1) is 12.9. The summed E-state index contributed by atoms with van der Waals surface area (Å²) in [5, 5.41) is 4.76. The molecule has 18 heavy (non-hydrogen) atoms. The number of nitrogens with zero attached hydrogens (tertiary/aromatic N) is 1. The average Bonchev–Trinajstić information content (AvgIpc) is 2.33. The fraction of sp³-hybridized carbons (Fsp3) is 0.438. The number of anilines is 1. The van der Waals surface area contributed by atoms with Gasteiger partial charge in [-0.05, 0) is 51.3 Å². The molecule has 96 valence electrons. The number of aryl methyl sites for hydroxylation is 3. The van der Waals surface area contributed by atoms with Gasteiger partial charge in [-0.15, -0.1) is 0 Å². The van der Waals surface area contributed by atoms with E-state index in [4.69, 9.17) is 4.98 Å². The number of benzene rings is 1. The molecule has 2 aromatic rings. The van der Waals surface area contributed by atoms with Gasteiger partial charge in [-0.2, -0.15) is 0 Å². The Balaban J connectivity index is 2.86. The van der Waals surface area contributed by atoms with Gasteiger partial charge in [-0.3, -0.25) is 4.98 Å². The summed E-state index contributed by atoms with van der Waals surface area (Å²) in [5.41, 5.74) is 7.44. The van der Waals surface area contributed by atoms with Crippen molar-refractivity contribution in [2.24, 2.45) is 0 Å². The van der Waals surface area contributed by atoms with E-state index in [2.05, 4.69) is 52.1 Å². The standard InChI is InChI=1S/C16H22N2/c1-6-14-12(5)16(17-7-2)13-9-10(3)8-11(4)15(13)18-14/h8-9H,6-7H2,1-5H3,(H,17,18). The van der Waals surface area contributed by atoms with Crippen LogP contribution >= 0.6 is 0 Å². The van der Waals surface area contributed by atoms with Crippen LogP contribution in [0.15, 0.2) is 12.1 Å². The molecule has 1 aromatic heterocycles. The number of aromatic nitrogens is 1. The number of nitrogens with one attached hydrogen (secondary N) is 1. The highest BCUT2D eigenvalue weighted by Crippen LogP contribution is 2.31. The van der Waals surface area contributed by atoms with Gasteiger partial charge in [0.15, 0.2) is 0 Å². The number of rotatable bonds is 3. The van der Waals surface area contributed by atoms with Crippen LogP contribution in [-0.4, -0.2) is 11.5 Å². The molecule has 0 fully saturated rings. The Morgan fingerprint density at radius 1 is 1.11 bits per heavy atom. The van der Waals surface area contributed by atoms with Crippen molar-refractivity contribution in [3.63, 3.8) is 0 Å². The van der Waals surface area contributed by atoms with Crippen LogP contribution in [0.5, 0.6) is 0 Å². The fourth-order valence-corrected chi connectivity index (χ4v) is 2.61. The third-order valence-electron chi connectivity index (χ3n) is 3.46. The summed E-state index contributed by atoms with van der Waals surface area (Å²) < 4.78 is 0. The summed E-state index contributed by atoms with van der Waals surface area (Å²) in [6.45, 7) is 11.7. The third-order valence-corrected chi connectivity index (χ3v) is 3.46. The molecule has 1 aromatic carbocycles. The van der Waals surface area contributed by atoms with E-state index >= 15 is 0 Å². The molecule has 0 atom stereocenters. The van der Waals surface area contributed by atoms with Crippen molar-refractivity contribution >= 4 is 16.6 Å². The van der Waals surface area contributed by atoms with Crippen LogP contribution in [0, 0.1) is 20.8 Å². The summed E-state index contributed by atoms with van der Waals surface area (Å²) in [6.07, 6.45) is 0.980. The highest BCUT2D eigenvalue weighted by molar-refractivity contribution is 5.95. The molecule has 1 N–H and O–H groups in total. The van der Waals surface area contributed by atoms with Gasteiger partial charge in [0.05, 0.1) is 5.52 Å². The highest BCUT2D eigenvalue weighted by Gasteiger charge is 2.12. The zero-order valence-corrected chi connectivity index (χ0v) is 12.0. The number of fused-ring (bicyclic) bond motifs is 1. The first-order valence-corrected chi connectivity index (χ1v) is 6.72. The highest BCUT2D eigenvalue weighted by atomic mass is 14.9. The molecule has 0 radical (unpaired) electrons.